The molecule has 1 unspecified atom stereocenters. The Morgan fingerprint density at radius 3 is 3.00 bits per heavy atom. The molecule has 1 atom stereocenters. The smallest absolute Gasteiger partial charge is 0.0764 e. The van der Waals surface area contributed by atoms with E-state index >= 15 is 0 Å². The quantitative estimate of drug-likeness (QED) is 0.317. The lowest BCUT2D eigenvalue weighted by molar-refractivity contribution is 0.175. The van der Waals surface area contributed by atoms with Crippen molar-refractivity contribution in [2.75, 3.05) is 6.54 Å². The van der Waals surface area contributed by atoms with Crippen molar-refractivity contribution in [2.45, 2.75) is 12.5 Å². The van der Waals surface area contributed by atoms with Gasteiger partial charge in [-0.2, -0.15) is 0 Å². The fraction of sp³-hybridized carbons (Fsp3) is 0.600. The second kappa shape index (κ2) is 5.24. The lowest BCUT2D eigenvalue weighted by Gasteiger charge is -2.03. The molecule has 0 rings (SSSR count). The summed E-state index contributed by atoms with van der Waals surface area (Å²) < 4.78 is 0. The maximum atomic E-state index is 9.42. The molecular formula is C5H10N2O2. The Bertz CT molecular complexity index is 95.0. The molecule has 52 valence electrons. The molecule has 0 radical (unpaired) electrons. The van der Waals surface area contributed by atoms with Gasteiger partial charge in [0.2, 0.25) is 0 Å². The van der Waals surface area contributed by atoms with Crippen LogP contribution in [-0.2, 0) is 0 Å². The zero-order valence-corrected chi connectivity index (χ0v) is 5.08. The zero-order chi connectivity index (χ0) is 7.11. The van der Waals surface area contributed by atoms with E-state index in [0.29, 0.717) is 6.42 Å². The molecule has 0 aromatic carbocycles. The number of hydrogen-bond donors (Lipinski definition) is 2. The van der Waals surface area contributed by atoms with Gasteiger partial charge in [-0.25, -0.2) is 0 Å². The standard InChI is InChI=1S/C5H10N2O2/c1-2-3-5(8)4-6-7-9/h2,5,8H,1,3-4H2,(H,6,9). The second-order valence-electron chi connectivity index (χ2n) is 1.63. The van der Waals surface area contributed by atoms with Crippen molar-refractivity contribution in [1.29, 1.82) is 0 Å². The van der Waals surface area contributed by atoms with Gasteiger partial charge in [-0.3, -0.25) is 5.43 Å². The maximum Gasteiger partial charge on any atom is 0.0764 e. The van der Waals surface area contributed by atoms with Crippen LogP contribution in [0.5, 0.6) is 0 Å². The summed E-state index contributed by atoms with van der Waals surface area (Å²) in [6.45, 7) is 3.60. The number of aliphatic hydroxyl groups excluding tert-OH is 1. The van der Waals surface area contributed by atoms with E-state index in [9.17, 15) is 4.91 Å². The lowest BCUT2D eigenvalue weighted by Crippen LogP contribution is -2.21. The predicted molar refractivity (Wildman–Crippen MR) is 34.6 cm³/mol. The van der Waals surface area contributed by atoms with Gasteiger partial charge in [0.1, 0.15) is 0 Å². The highest BCUT2D eigenvalue weighted by Crippen LogP contribution is 1.88. The summed E-state index contributed by atoms with van der Waals surface area (Å²) in [4.78, 5) is 9.42. The van der Waals surface area contributed by atoms with Gasteiger partial charge >= 0.3 is 0 Å². The normalized spacial score (nSPS) is 12.1. The number of nitrogens with zero attached hydrogens (tertiary/aromatic N) is 1. The Hall–Kier alpha value is -0.900. The second-order valence-corrected chi connectivity index (χ2v) is 1.63. The van der Waals surface area contributed by atoms with Gasteiger partial charge in [0.15, 0.2) is 0 Å². The molecule has 0 aliphatic heterocycles. The van der Waals surface area contributed by atoms with Crippen LogP contribution in [0, 0.1) is 4.91 Å². The first kappa shape index (κ1) is 8.10. The van der Waals surface area contributed by atoms with E-state index in [1.165, 1.54) is 0 Å². The van der Waals surface area contributed by atoms with E-state index in [1.807, 2.05) is 0 Å². The lowest BCUT2D eigenvalue weighted by atomic mass is 10.2. The molecule has 0 saturated carbocycles. The molecule has 0 aromatic rings. The third-order valence-electron chi connectivity index (χ3n) is 0.830. The van der Waals surface area contributed by atoms with Gasteiger partial charge in [-0.1, -0.05) is 6.08 Å². The highest BCUT2D eigenvalue weighted by molar-refractivity contribution is 4.72. The summed E-state index contributed by atoms with van der Waals surface area (Å²) in [5, 5.41) is 11.2. The Labute approximate surface area is 53.5 Å². The molecule has 0 amide bonds. The Balaban J connectivity index is 3.14. The van der Waals surface area contributed by atoms with Crippen molar-refractivity contribution in [3.05, 3.63) is 17.6 Å². The molecule has 0 aliphatic rings. The summed E-state index contributed by atoms with van der Waals surface area (Å²) in [6, 6.07) is 0. The first-order valence-corrected chi connectivity index (χ1v) is 2.65. The van der Waals surface area contributed by atoms with Gasteiger partial charge in [0.05, 0.1) is 12.6 Å². The SMILES string of the molecule is C=CCC(O)CNN=O. The van der Waals surface area contributed by atoms with Crippen LogP contribution in [0.2, 0.25) is 0 Å². The van der Waals surface area contributed by atoms with Gasteiger partial charge in [-0.05, 0) is 6.42 Å². The minimum Gasteiger partial charge on any atom is -0.391 e. The predicted octanol–water partition coefficient (Wildman–Crippen LogP) is 0.194. The Morgan fingerprint density at radius 1 is 1.89 bits per heavy atom. The van der Waals surface area contributed by atoms with E-state index < -0.39 is 6.10 Å². The molecule has 0 aliphatic carbocycles. The van der Waals surface area contributed by atoms with Crippen LogP contribution in [0.15, 0.2) is 17.9 Å². The molecule has 4 nitrogen and oxygen atoms in total. The van der Waals surface area contributed by atoms with Crippen LogP contribution in [0.4, 0.5) is 0 Å². The number of aliphatic hydroxyl groups is 1. The largest absolute Gasteiger partial charge is 0.391 e. The summed E-state index contributed by atoms with van der Waals surface area (Å²) in [5.74, 6) is 0. The van der Waals surface area contributed by atoms with Crippen LogP contribution in [0.1, 0.15) is 6.42 Å². The average Bonchev–Trinajstić information content (AvgIpc) is 1.85. The first-order chi connectivity index (χ1) is 4.31. The maximum absolute atomic E-state index is 9.42. The van der Waals surface area contributed by atoms with Gasteiger partial charge in [0.25, 0.3) is 0 Å². The summed E-state index contributed by atoms with van der Waals surface area (Å²) in [6.07, 6.45) is 1.50. The molecule has 0 spiro atoms. The summed E-state index contributed by atoms with van der Waals surface area (Å²) in [5.41, 5.74) is 2.10. The van der Waals surface area contributed by atoms with Crippen LogP contribution in [0.25, 0.3) is 0 Å². The Kier molecular flexibility index (Phi) is 4.72. The number of rotatable bonds is 5. The molecule has 0 heterocycles. The third-order valence-corrected chi connectivity index (χ3v) is 0.830. The van der Waals surface area contributed by atoms with Crippen LogP contribution >= 0.6 is 0 Å². The highest BCUT2D eigenvalue weighted by atomic mass is 16.3. The van der Waals surface area contributed by atoms with Crippen LogP contribution in [-0.4, -0.2) is 17.8 Å². The van der Waals surface area contributed by atoms with E-state index in [2.05, 4.69) is 17.3 Å². The van der Waals surface area contributed by atoms with E-state index in [-0.39, 0.29) is 6.54 Å². The summed E-state index contributed by atoms with van der Waals surface area (Å²) >= 11 is 0. The molecule has 9 heavy (non-hydrogen) atoms. The molecule has 0 fully saturated rings. The monoisotopic (exact) mass is 130 g/mol. The number of nitroso groups, excluding NO2 is 1. The van der Waals surface area contributed by atoms with Crippen LogP contribution in [0.3, 0.4) is 0 Å². The van der Waals surface area contributed by atoms with Crippen molar-refractivity contribution < 1.29 is 5.11 Å². The van der Waals surface area contributed by atoms with Crippen LogP contribution < -0.4 is 5.43 Å². The van der Waals surface area contributed by atoms with Crippen molar-refractivity contribution in [3.63, 3.8) is 0 Å². The van der Waals surface area contributed by atoms with Crippen molar-refractivity contribution in [3.8, 4) is 0 Å². The van der Waals surface area contributed by atoms with E-state index in [1.54, 1.807) is 6.08 Å². The highest BCUT2D eigenvalue weighted by Gasteiger charge is 1.97. The number of hydrogen-bond acceptors (Lipinski definition) is 3. The van der Waals surface area contributed by atoms with Gasteiger partial charge < -0.3 is 5.11 Å². The topological polar surface area (TPSA) is 61.7 Å². The van der Waals surface area contributed by atoms with Crippen molar-refractivity contribution >= 4 is 0 Å². The minimum atomic E-state index is -0.555. The molecule has 2 N–H and O–H groups in total. The number of nitrogens with one attached hydrogen (secondary N) is 1. The molecular weight excluding hydrogens is 120 g/mol. The molecule has 0 bridgehead atoms. The molecule has 4 heteroatoms. The average molecular weight is 130 g/mol. The minimum absolute atomic E-state index is 0.190. The van der Waals surface area contributed by atoms with Gasteiger partial charge in [0, 0.05) is 5.29 Å². The fourth-order valence-corrected chi connectivity index (χ4v) is 0.418. The fourth-order valence-electron chi connectivity index (χ4n) is 0.418. The van der Waals surface area contributed by atoms with E-state index in [4.69, 9.17) is 5.11 Å². The van der Waals surface area contributed by atoms with Crippen molar-refractivity contribution in [1.82, 2.24) is 5.43 Å². The Morgan fingerprint density at radius 2 is 2.56 bits per heavy atom. The first-order valence-electron chi connectivity index (χ1n) is 2.65. The van der Waals surface area contributed by atoms with E-state index in [0.717, 1.165) is 0 Å². The van der Waals surface area contributed by atoms with Crippen molar-refractivity contribution in [2.24, 2.45) is 5.29 Å². The zero-order valence-electron chi connectivity index (χ0n) is 5.08. The molecule has 0 saturated heterocycles. The third kappa shape index (κ3) is 4.96. The van der Waals surface area contributed by atoms with Gasteiger partial charge in [-0.15, -0.1) is 11.5 Å². The molecule has 0 aromatic heterocycles. The summed E-state index contributed by atoms with van der Waals surface area (Å²) in [7, 11) is 0.